The largest absolute Gasteiger partial charge is 0.303 e. The number of hydrogen-bond donors (Lipinski definition) is 2. The Hall–Kier alpha value is -1.86. The maximum atomic E-state index is 11.8. The fourth-order valence-electron chi connectivity index (χ4n) is 2.12. The zero-order valence-electron chi connectivity index (χ0n) is 11.8. The van der Waals surface area contributed by atoms with E-state index in [0.717, 1.165) is 33.1 Å². The van der Waals surface area contributed by atoms with E-state index in [2.05, 4.69) is 15.8 Å². The first-order valence-corrected chi connectivity index (χ1v) is 8.77. The van der Waals surface area contributed by atoms with E-state index in [4.69, 9.17) is 0 Å². The van der Waals surface area contributed by atoms with Gasteiger partial charge >= 0.3 is 0 Å². The topological polar surface area (TPSA) is 71.1 Å². The molecule has 7 heteroatoms. The number of para-hydroxylation sites is 1. The summed E-state index contributed by atoms with van der Waals surface area (Å²) >= 11 is 2.99. The Morgan fingerprint density at radius 2 is 2.18 bits per heavy atom. The SMILES string of the molecule is O=C1C=C(NNC(=O)CSc2nc3ccccc3s2)CCC1. The van der Waals surface area contributed by atoms with Crippen LogP contribution in [-0.2, 0) is 9.59 Å². The smallest absolute Gasteiger partial charge is 0.248 e. The Morgan fingerprint density at radius 1 is 1.32 bits per heavy atom. The van der Waals surface area contributed by atoms with Crippen LogP contribution in [0.1, 0.15) is 19.3 Å². The molecule has 1 heterocycles. The van der Waals surface area contributed by atoms with E-state index < -0.39 is 0 Å². The molecule has 0 aliphatic heterocycles. The highest BCUT2D eigenvalue weighted by Gasteiger charge is 2.11. The lowest BCUT2D eigenvalue weighted by atomic mass is 10.0. The van der Waals surface area contributed by atoms with Gasteiger partial charge in [0.25, 0.3) is 0 Å². The highest BCUT2D eigenvalue weighted by Crippen LogP contribution is 2.28. The van der Waals surface area contributed by atoms with Crippen LogP contribution in [0.3, 0.4) is 0 Å². The second-order valence-electron chi connectivity index (χ2n) is 4.90. The second-order valence-corrected chi connectivity index (χ2v) is 7.15. The van der Waals surface area contributed by atoms with Crippen LogP contribution in [0, 0.1) is 0 Å². The van der Waals surface area contributed by atoms with Crippen LogP contribution < -0.4 is 10.9 Å². The van der Waals surface area contributed by atoms with Crippen molar-refractivity contribution in [2.24, 2.45) is 0 Å². The summed E-state index contributed by atoms with van der Waals surface area (Å²) in [6.07, 6.45) is 3.77. The number of carbonyl (C=O) groups is 2. The molecule has 0 fully saturated rings. The molecule has 1 amide bonds. The molecule has 2 N–H and O–H groups in total. The first-order chi connectivity index (χ1) is 10.7. The number of hydrogen-bond acceptors (Lipinski definition) is 6. The number of fused-ring (bicyclic) bond motifs is 1. The van der Waals surface area contributed by atoms with Gasteiger partial charge in [0.1, 0.15) is 0 Å². The van der Waals surface area contributed by atoms with Gasteiger partial charge in [0.05, 0.1) is 16.0 Å². The molecule has 5 nitrogen and oxygen atoms in total. The highest BCUT2D eigenvalue weighted by atomic mass is 32.2. The monoisotopic (exact) mass is 333 g/mol. The number of thioether (sulfide) groups is 1. The maximum Gasteiger partial charge on any atom is 0.248 e. The number of amides is 1. The first-order valence-electron chi connectivity index (χ1n) is 6.97. The Morgan fingerprint density at radius 3 is 3.00 bits per heavy atom. The third-order valence-corrected chi connectivity index (χ3v) is 5.35. The summed E-state index contributed by atoms with van der Waals surface area (Å²) in [6, 6.07) is 7.91. The van der Waals surface area contributed by atoms with Gasteiger partial charge in [-0.25, -0.2) is 4.98 Å². The van der Waals surface area contributed by atoms with Gasteiger partial charge in [0.2, 0.25) is 5.91 Å². The Bertz CT molecular complexity index is 706. The average molecular weight is 333 g/mol. The highest BCUT2D eigenvalue weighted by molar-refractivity contribution is 8.01. The molecule has 0 radical (unpaired) electrons. The number of rotatable bonds is 5. The number of nitrogens with zero attached hydrogens (tertiary/aromatic N) is 1. The number of ketones is 1. The lowest BCUT2D eigenvalue weighted by Crippen LogP contribution is -2.38. The summed E-state index contributed by atoms with van der Waals surface area (Å²) in [5.41, 5.74) is 7.18. The Labute approximate surface area is 136 Å². The van der Waals surface area contributed by atoms with Crippen molar-refractivity contribution < 1.29 is 9.59 Å². The lowest BCUT2D eigenvalue weighted by molar-refractivity contribution is -0.119. The van der Waals surface area contributed by atoms with Crippen LogP contribution in [0.25, 0.3) is 10.2 Å². The Kier molecular flexibility index (Phi) is 4.74. The molecule has 0 spiro atoms. The van der Waals surface area contributed by atoms with Gasteiger partial charge in [-0.1, -0.05) is 23.9 Å². The molecule has 114 valence electrons. The van der Waals surface area contributed by atoms with Crippen molar-refractivity contribution >= 4 is 45.0 Å². The van der Waals surface area contributed by atoms with Crippen molar-refractivity contribution in [1.29, 1.82) is 0 Å². The molecule has 1 aliphatic carbocycles. The predicted molar refractivity (Wildman–Crippen MR) is 88.6 cm³/mol. The molecule has 2 aromatic rings. The van der Waals surface area contributed by atoms with Crippen molar-refractivity contribution in [1.82, 2.24) is 15.8 Å². The molecule has 0 bridgehead atoms. The predicted octanol–water partition coefficient (Wildman–Crippen LogP) is 2.65. The standard InChI is InChI=1S/C15H15N3O2S2/c19-11-5-3-4-10(8-11)17-18-14(20)9-21-15-16-12-6-1-2-7-13(12)22-15/h1-2,6-8,17H,3-5,9H2,(H,18,20). The van der Waals surface area contributed by atoms with Crippen LogP contribution in [0.2, 0.25) is 0 Å². The minimum absolute atomic E-state index is 0.104. The number of aromatic nitrogens is 1. The number of carbonyl (C=O) groups excluding carboxylic acids is 2. The lowest BCUT2D eigenvalue weighted by Gasteiger charge is -2.14. The molecular weight excluding hydrogens is 318 g/mol. The average Bonchev–Trinajstić information content (AvgIpc) is 2.94. The van der Waals surface area contributed by atoms with Gasteiger partial charge in [-0.3, -0.25) is 15.0 Å². The van der Waals surface area contributed by atoms with Crippen molar-refractivity contribution in [3.8, 4) is 0 Å². The van der Waals surface area contributed by atoms with E-state index >= 15 is 0 Å². The molecule has 0 unspecified atom stereocenters. The normalized spacial score (nSPS) is 14.7. The first kappa shape index (κ1) is 15.1. The van der Waals surface area contributed by atoms with Crippen LogP contribution in [0.5, 0.6) is 0 Å². The maximum absolute atomic E-state index is 11.8. The number of thiazole rings is 1. The number of nitrogens with one attached hydrogen (secondary N) is 2. The summed E-state index contributed by atoms with van der Waals surface area (Å²) in [6.45, 7) is 0. The minimum Gasteiger partial charge on any atom is -0.303 e. The molecule has 3 rings (SSSR count). The molecule has 1 aliphatic rings. The molecule has 22 heavy (non-hydrogen) atoms. The van der Waals surface area contributed by atoms with Gasteiger partial charge in [0, 0.05) is 18.2 Å². The summed E-state index contributed by atoms with van der Waals surface area (Å²) in [5.74, 6) is 0.253. The summed E-state index contributed by atoms with van der Waals surface area (Å²) in [7, 11) is 0. The third-order valence-electron chi connectivity index (χ3n) is 3.17. The quantitative estimate of drug-likeness (QED) is 0.650. The number of hydrazine groups is 1. The molecule has 1 aromatic heterocycles. The van der Waals surface area contributed by atoms with Crippen molar-refractivity contribution in [2.45, 2.75) is 23.6 Å². The van der Waals surface area contributed by atoms with Gasteiger partial charge in [0.15, 0.2) is 10.1 Å². The van der Waals surface area contributed by atoms with Crippen LogP contribution in [-0.4, -0.2) is 22.4 Å². The van der Waals surface area contributed by atoms with E-state index in [1.165, 1.54) is 11.8 Å². The molecule has 0 atom stereocenters. The van der Waals surface area contributed by atoms with Crippen LogP contribution >= 0.6 is 23.1 Å². The third kappa shape index (κ3) is 3.86. The summed E-state index contributed by atoms with van der Waals surface area (Å²) in [5, 5.41) is 0. The van der Waals surface area contributed by atoms with E-state index in [9.17, 15) is 9.59 Å². The Balaban J connectivity index is 1.48. The van der Waals surface area contributed by atoms with Crippen molar-refractivity contribution in [3.63, 3.8) is 0 Å². The van der Waals surface area contributed by atoms with E-state index in [0.29, 0.717) is 6.42 Å². The van der Waals surface area contributed by atoms with E-state index in [-0.39, 0.29) is 17.4 Å². The molecular formula is C15H15N3O2S2. The van der Waals surface area contributed by atoms with Gasteiger partial charge < -0.3 is 5.43 Å². The molecule has 0 saturated heterocycles. The minimum atomic E-state index is -0.136. The molecule has 1 aromatic carbocycles. The van der Waals surface area contributed by atoms with Gasteiger partial charge in [-0.2, -0.15) is 0 Å². The van der Waals surface area contributed by atoms with Gasteiger partial charge in [-0.05, 0) is 25.0 Å². The van der Waals surface area contributed by atoms with Gasteiger partial charge in [-0.15, -0.1) is 11.3 Å². The van der Waals surface area contributed by atoms with E-state index in [1.807, 2.05) is 24.3 Å². The molecule has 0 saturated carbocycles. The van der Waals surface area contributed by atoms with E-state index in [1.54, 1.807) is 17.4 Å². The van der Waals surface area contributed by atoms with Crippen molar-refractivity contribution in [3.05, 3.63) is 36.0 Å². The van der Waals surface area contributed by atoms with Crippen molar-refractivity contribution in [2.75, 3.05) is 5.75 Å². The fourth-order valence-corrected chi connectivity index (χ4v) is 3.98. The zero-order valence-corrected chi connectivity index (χ0v) is 13.4. The van der Waals surface area contributed by atoms with Crippen LogP contribution in [0.4, 0.5) is 0 Å². The van der Waals surface area contributed by atoms with Crippen LogP contribution in [0.15, 0.2) is 40.4 Å². The number of allylic oxidation sites excluding steroid dienone is 2. The fraction of sp³-hybridized carbons (Fsp3) is 0.267. The zero-order chi connectivity index (χ0) is 15.4. The summed E-state index contributed by atoms with van der Waals surface area (Å²) in [4.78, 5) is 27.6. The number of benzene rings is 1. The second kappa shape index (κ2) is 6.93. The summed E-state index contributed by atoms with van der Waals surface area (Å²) < 4.78 is 2.00.